The first-order valence-electron chi connectivity index (χ1n) is 6.84. The van der Waals surface area contributed by atoms with Crippen LogP contribution in [0.15, 0.2) is 30.5 Å². The van der Waals surface area contributed by atoms with Crippen LogP contribution in [0.1, 0.15) is 53.4 Å². The van der Waals surface area contributed by atoms with Crippen molar-refractivity contribution in [3.8, 4) is 0 Å². The van der Waals surface area contributed by atoms with Gasteiger partial charge < -0.3 is 5.32 Å². The standard InChI is InChI=1S/C16H16ClN3O2/c1-9(2)15-18-8-12(17)14(20-15)16(22)19-13-7-5-4-6-11(13)10(3)21/h4-9H,1-3H3,(H,19,22). The average Bonchev–Trinajstić information content (AvgIpc) is 2.47. The summed E-state index contributed by atoms with van der Waals surface area (Å²) < 4.78 is 0. The van der Waals surface area contributed by atoms with Crippen LogP contribution in [-0.2, 0) is 0 Å². The Bertz CT molecular complexity index is 729. The third kappa shape index (κ3) is 3.49. The van der Waals surface area contributed by atoms with E-state index in [4.69, 9.17) is 11.6 Å². The van der Waals surface area contributed by atoms with Crippen molar-refractivity contribution < 1.29 is 9.59 Å². The first kappa shape index (κ1) is 16.1. The number of rotatable bonds is 4. The molecule has 0 saturated heterocycles. The van der Waals surface area contributed by atoms with Gasteiger partial charge in [0.1, 0.15) is 5.82 Å². The fraction of sp³-hybridized carbons (Fsp3) is 0.250. The minimum atomic E-state index is -0.469. The summed E-state index contributed by atoms with van der Waals surface area (Å²) in [7, 11) is 0. The van der Waals surface area contributed by atoms with Gasteiger partial charge in [-0.25, -0.2) is 9.97 Å². The number of nitrogens with one attached hydrogen (secondary N) is 1. The first-order chi connectivity index (χ1) is 10.4. The number of halogens is 1. The molecule has 5 nitrogen and oxygen atoms in total. The molecule has 6 heteroatoms. The molecule has 2 aromatic rings. The first-order valence-corrected chi connectivity index (χ1v) is 7.21. The number of hydrogen-bond donors (Lipinski definition) is 1. The second-order valence-electron chi connectivity index (χ2n) is 5.14. The number of hydrogen-bond acceptors (Lipinski definition) is 4. The third-order valence-corrected chi connectivity index (χ3v) is 3.33. The largest absolute Gasteiger partial charge is 0.320 e. The van der Waals surface area contributed by atoms with Gasteiger partial charge >= 0.3 is 0 Å². The van der Waals surface area contributed by atoms with Crippen LogP contribution in [0.3, 0.4) is 0 Å². The molecule has 1 heterocycles. The van der Waals surface area contributed by atoms with Gasteiger partial charge in [-0.1, -0.05) is 37.6 Å². The quantitative estimate of drug-likeness (QED) is 0.872. The third-order valence-electron chi connectivity index (χ3n) is 3.05. The van der Waals surface area contributed by atoms with E-state index in [0.717, 1.165) is 0 Å². The minimum Gasteiger partial charge on any atom is -0.320 e. The van der Waals surface area contributed by atoms with E-state index in [9.17, 15) is 9.59 Å². The van der Waals surface area contributed by atoms with Crippen LogP contribution < -0.4 is 5.32 Å². The maximum atomic E-state index is 12.4. The number of anilines is 1. The molecule has 0 unspecified atom stereocenters. The molecule has 0 spiro atoms. The Morgan fingerprint density at radius 3 is 2.55 bits per heavy atom. The number of benzene rings is 1. The molecular formula is C16H16ClN3O2. The summed E-state index contributed by atoms with van der Waals surface area (Å²) >= 11 is 6.01. The maximum Gasteiger partial charge on any atom is 0.275 e. The molecular weight excluding hydrogens is 302 g/mol. The van der Waals surface area contributed by atoms with E-state index in [2.05, 4.69) is 15.3 Å². The Labute approximate surface area is 133 Å². The van der Waals surface area contributed by atoms with Crippen molar-refractivity contribution in [2.75, 3.05) is 5.32 Å². The molecule has 0 radical (unpaired) electrons. The lowest BCUT2D eigenvalue weighted by molar-refractivity contribution is 0.101. The Morgan fingerprint density at radius 2 is 1.91 bits per heavy atom. The molecule has 0 aliphatic carbocycles. The predicted molar refractivity (Wildman–Crippen MR) is 85.5 cm³/mol. The van der Waals surface area contributed by atoms with Gasteiger partial charge in [0.15, 0.2) is 11.5 Å². The molecule has 1 aromatic carbocycles. The van der Waals surface area contributed by atoms with Gasteiger partial charge in [-0.15, -0.1) is 0 Å². The summed E-state index contributed by atoms with van der Waals surface area (Å²) in [6.07, 6.45) is 1.41. The molecule has 0 saturated carbocycles. The zero-order valence-electron chi connectivity index (χ0n) is 12.6. The van der Waals surface area contributed by atoms with Gasteiger partial charge in [-0.3, -0.25) is 9.59 Å². The molecule has 22 heavy (non-hydrogen) atoms. The lowest BCUT2D eigenvalue weighted by Crippen LogP contribution is -2.17. The number of nitrogens with zero attached hydrogens (tertiary/aromatic N) is 2. The predicted octanol–water partition coefficient (Wildman–Crippen LogP) is 3.71. The average molecular weight is 318 g/mol. The van der Waals surface area contributed by atoms with Crippen molar-refractivity contribution in [1.82, 2.24) is 9.97 Å². The highest BCUT2D eigenvalue weighted by Crippen LogP contribution is 2.20. The summed E-state index contributed by atoms with van der Waals surface area (Å²) in [5.41, 5.74) is 0.963. The number of carbonyl (C=O) groups excluding carboxylic acids is 2. The molecule has 0 bridgehead atoms. The Morgan fingerprint density at radius 1 is 1.23 bits per heavy atom. The van der Waals surface area contributed by atoms with Gasteiger partial charge in [-0.05, 0) is 19.1 Å². The fourth-order valence-electron chi connectivity index (χ4n) is 1.90. The Kier molecular flexibility index (Phi) is 4.88. The van der Waals surface area contributed by atoms with Crippen LogP contribution >= 0.6 is 11.6 Å². The molecule has 1 N–H and O–H groups in total. The zero-order chi connectivity index (χ0) is 16.3. The highest BCUT2D eigenvalue weighted by molar-refractivity contribution is 6.34. The van der Waals surface area contributed by atoms with Crippen molar-refractivity contribution >= 4 is 29.0 Å². The SMILES string of the molecule is CC(=O)c1ccccc1NC(=O)c1nc(C(C)C)ncc1Cl. The second kappa shape index (κ2) is 6.66. The summed E-state index contributed by atoms with van der Waals surface area (Å²) in [4.78, 5) is 32.3. The second-order valence-corrected chi connectivity index (χ2v) is 5.54. The lowest BCUT2D eigenvalue weighted by atomic mass is 10.1. The normalized spacial score (nSPS) is 10.6. The molecule has 0 aliphatic heterocycles. The Balaban J connectivity index is 2.34. The van der Waals surface area contributed by atoms with E-state index in [-0.39, 0.29) is 22.4 Å². The summed E-state index contributed by atoms with van der Waals surface area (Å²) in [6, 6.07) is 6.79. The number of para-hydroxylation sites is 1. The van der Waals surface area contributed by atoms with Crippen molar-refractivity contribution in [2.24, 2.45) is 0 Å². The van der Waals surface area contributed by atoms with Crippen LogP contribution in [0.25, 0.3) is 0 Å². The van der Waals surface area contributed by atoms with Gasteiger partial charge in [0.2, 0.25) is 0 Å². The van der Waals surface area contributed by atoms with Crippen LogP contribution in [-0.4, -0.2) is 21.7 Å². The topological polar surface area (TPSA) is 72.0 Å². The van der Waals surface area contributed by atoms with Crippen molar-refractivity contribution in [3.05, 3.63) is 52.6 Å². The summed E-state index contributed by atoms with van der Waals surface area (Å²) in [6.45, 7) is 5.30. The molecule has 2 rings (SSSR count). The van der Waals surface area contributed by atoms with E-state index in [0.29, 0.717) is 17.1 Å². The van der Waals surface area contributed by atoms with E-state index in [1.165, 1.54) is 13.1 Å². The van der Waals surface area contributed by atoms with Crippen LogP contribution in [0.2, 0.25) is 5.02 Å². The smallest absolute Gasteiger partial charge is 0.275 e. The fourth-order valence-corrected chi connectivity index (χ4v) is 2.08. The molecule has 0 aliphatic rings. The van der Waals surface area contributed by atoms with Crippen molar-refractivity contribution in [3.63, 3.8) is 0 Å². The number of ketones is 1. The van der Waals surface area contributed by atoms with E-state index in [1.807, 2.05) is 13.8 Å². The maximum absolute atomic E-state index is 12.4. The lowest BCUT2D eigenvalue weighted by Gasteiger charge is -2.11. The van der Waals surface area contributed by atoms with E-state index >= 15 is 0 Å². The number of Topliss-reactive ketones (excluding diaryl/α,β-unsaturated/α-hetero) is 1. The van der Waals surface area contributed by atoms with E-state index in [1.54, 1.807) is 24.3 Å². The molecule has 0 fully saturated rings. The van der Waals surface area contributed by atoms with Crippen molar-refractivity contribution in [1.29, 1.82) is 0 Å². The zero-order valence-corrected chi connectivity index (χ0v) is 13.3. The summed E-state index contributed by atoms with van der Waals surface area (Å²) in [5, 5.41) is 2.85. The van der Waals surface area contributed by atoms with E-state index < -0.39 is 5.91 Å². The number of amides is 1. The van der Waals surface area contributed by atoms with Crippen molar-refractivity contribution in [2.45, 2.75) is 26.7 Å². The van der Waals surface area contributed by atoms with Gasteiger partial charge in [0, 0.05) is 11.5 Å². The van der Waals surface area contributed by atoms with Gasteiger partial charge in [-0.2, -0.15) is 0 Å². The van der Waals surface area contributed by atoms with Gasteiger partial charge in [0.05, 0.1) is 16.9 Å². The minimum absolute atomic E-state index is 0.0772. The molecule has 1 amide bonds. The molecule has 1 aromatic heterocycles. The summed E-state index contributed by atoms with van der Waals surface area (Å²) in [5.74, 6) is 0.0123. The Hall–Kier alpha value is -2.27. The highest BCUT2D eigenvalue weighted by atomic mass is 35.5. The van der Waals surface area contributed by atoms with Gasteiger partial charge in [0.25, 0.3) is 5.91 Å². The highest BCUT2D eigenvalue weighted by Gasteiger charge is 2.17. The van der Waals surface area contributed by atoms with Crippen LogP contribution in [0.5, 0.6) is 0 Å². The molecule has 114 valence electrons. The number of carbonyl (C=O) groups is 2. The van der Waals surface area contributed by atoms with Crippen LogP contribution in [0.4, 0.5) is 5.69 Å². The molecule has 0 atom stereocenters. The monoisotopic (exact) mass is 317 g/mol. The van der Waals surface area contributed by atoms with Crippen LogP contribution in [0, 0.1) is 0 Å². The number of aromatic nitrogens is 2.